The van der Waals surface area contributed by atoms with Crippen LogP contribution in [0, 0.1) is 5.82 Å². The van der Waals surface area contributed by atoms with E-state index in [1.807, 2.05) is 5.38 Å². The number of thiazole rings is 1. The van der Waals surface area contributed by atoms with Crippen LogP contribution in [0.1, 0.15) is 12.1 Å². The molecular formula is C13H14FNO2S. The molecule has 0 bridgehead atoms. The van der Waals surface area contributed by atoms with Crippen molar-refractivity contribution in [3.8, 4) is 16.3 Å². The van der Waals surface area contributed by atoms with Gasteiger partial charge in [0.15, 0.2) is 11.6 Å². The highest BCUT2D eigenvalue weighted by Gasteiger charge is 2.08. The summed E-state index contributed by atoms with van der Waals surface area (Å²) in [6.07, 6.45) is 1.44. The molecule has 2 rings (SSSR count). The monoisotopic (exact) mass is 267 g/mol. The Hall–Kier alpha value is -1.46. The minimum atomic E-state index is -0.387. The van der Waals surface area contributed by atoms with Crippen molar-refractivity contribution in [1.82, 2.24) is 4.98 Å². The van der Waals surface area contributed by atoms with E-state index >= 15 is 0 Å². The van der Waals surface area contributed by atoms with Gasteiger partial charge in [0, 0.05) is 17.6 Å². The maximum absolute atomic E-state index is 13.6. The number of benzene rings is 1. The van der Waals surface area contributed by atoms with Crippen molar-refractivity contribution in [2.45, 2.75) is 12.8 Å². The summed E-state index contributed by atoms with van der Waals surface area (Å²) in [5.74, 6) is -0.155. The molecule has 1 N–H and O–H groups in total. The Bertz CT molecular complexity index is 527. The van der Waals surface area contributed by atoms with Crippen LogP contribution >= 0.6 is 11.3 Å². The second-order valence-corrected chi connectivity index (χ2v) is 4.68. The molecule has 0 fully saturated rings. The van der Waals surface area contributed by atoms with Crippen LogP contribution in [0.15, 0.2) is 23.6 Å². The topological polar surface area (TPSA) is 42.4 Å². The first kappa shape index (κ1) is 13.0. The van der Waals surface area contributed by atoms with Gasteiger partial charge in [-0.25, -0.2) is 9.37 Å². The van der Waals surface area contributed by atoms with Gasteiger partial charge in [0.1, 0.15) is 5.01 Å². The lowest BCUT2D eigenvalue weighted by atomic mass is 10.2. The Kier molecular flexibility index (Phi) is 4.28. The molecule has 3 nitrogen and oxygen atoms in total. The summed E-state index contributed by atoms with van der Waals surface area (Å²) in [7, 11) is 1.44. The number of rotatable bonds is 5. The highest BCUT2D eigenvalue weighted by molar-refractivity contribution is 7.13. The first-order valence-corrected chi connectivity index (χ1v) is 6.51. The highest BCUT2D eigenvalue weighted by Crippen LogP contribution is 2.28. The first-order chi connectivity index (χ1) is 8.74. The molecule has 1 aromatic heterocycles. The maximum atomic E-state index is 13.6. The number of halogens is 1. The van der Waals surface area contributed by atoms with Crippen molar-refractivity contribution in [2.24, 2.45) is 0 Å². The van der Waals surface area contributed by atoms with Crippen LogP contribution in [-0.2, 0) is 6.42 Å². The van der Waals surface area contributed by atoms with Crippen molar-refractivity contribution in [3.05, 3.63) is 35.1 Å². The lowest BCUT2D eigenvalue weighted by molar-refractivity contribution is 0.288. The molecule has 0 amide bonds. The molecule has 5 heteroatoms. The third-order valence-corrected chi connectivity index (χ3v) is 3.48. The lowest BCUT2D eigenvalue weighted by Crippen LogP contribution is -1.90. The van der Waals surface area contributed by atoms with Gasteiger partial charge in [0.25, 0.3) is 0 Å². The zero-order valence-corrected chi connectivity index (χ0v) is 10.8. The van der Waals surface area contributed by atoms with Gasteiger partial charge in [-0.2, -0.15) is 0 Å². The first-order valence-electron chi connectivity index (χ1n) is 5.63. The van der Waals surface area contributed by atoms with E-state index in [0.29, 0.717) is 6.42 Å². The van der Waals surface area contributed by atoms with Crippen LogP contribution < -0.4 is 4.74 Å². The van der Waals surface area contributed by atoms with E-state index < -0.39 is 0 Å². The van der Waals surface area contributed by atoms with Crippen molar-refractivity contribution >= 4 is 11.3 Å². The molecule has 1 aromatic carbocycles. The fourth-order valence-electron chi connectivity index (χ4n) is 1.61. The van der Waals surface area contributed by atoms with E-state index in [0.717, 1.165) is 22.7 Å². The van der Waals surface area contributed by atoms with Gasteiger partial charge in [-0.05, 0) is 31.0 Å². The summed E-state index contributed by atoms with van der Waals surface area (Å²) in [6.45, 7) is 0.157. The Balaban J connectivity index is 2.20. The van der Waals surface area contributed by atoms with Crippen LogP contribution in [0.25, 0.3) is 10.6 Å². The van der Waals surface area contributed by atoms with Crippen LogP contribution in [-0.4, -0.2) is 23.8 Å². The Morgan fingerprint density at radius 1 is 1.44 bits per heavy atom. The van der Waals surface area contributed by atoms with E-state index in [9.17, 15) is 4.39 Å². The van der Waals surface area contributed by atoms with E-state index in [-0.39, 0.29) is 18.2 Å². The minimum Gasteiger partial charge on any atom is -0.494 e. The number of nitrogens with zero attached hydrogens (tertiary/aromatic N) is 1. The maximum Gasteiger partial charge on any atom is 0.165 e. The summed E-state index contributed by atoms with van der Waals surface area (Å²) < 4.78 is 18.4. The summed E-state index contributed by atoms with van der Waals surface area (Å²) in [6, 6.07) is 4.81. The molecule has 0 saturated carbocycles. The lowest BCUT2D eigenvalue weighted by Gasteiger charge is -2.02. The van der Waals surface area contributed by atoms with Gasteiger partial charge in [0.2, 0.25) is 0 Å². The standard InChI is InChI=1S/C13H14FNO2S/c1-17-12-5-4-9(7-11(12)14)13-15-10(8-18-13)3-2-6-16/h4-5,7-8,16H,2-3,6H2,1H3. The highest BCUT2D eigenvalue weighted by atomic mass is 32.1. The zero-order chi connectivity index (χ0) is 13.0. The van der Waals surface area contributed by atoms with E-state index in [2.05, 4.69) is 4.98 Å². The summed E-state index contributed by atoms with van der Waals surface area (Å²) in [4.78, 5) is 4.41. The third-order valence-electron chi connectivity index (χ3n) is 2.54. The summed E-state index contributed by atoms with van der Waals surface area (Å²) in [5.41, 5.74) is 1.67. The Morgan fingerprint density at radius 3 is 2.94 bits per heavy atom. The number of hydrogen-bond acceptors (Lipinski definition) is 4. The number of aromatic nitrogens is 1. The van der Waals surface area contributed by atoms with Gasteiger partial charge in [-0.1, -0.05) is 0 Å². The van der Waals surface area contributed by atoms with Crippen molar-refractivity contribution < 1.29 is 14.2 Å². The fraction of sp³-hybridized carbons (Fsp3) is 0.308. The quantitative estimate of drug-likeness (QED) is 0.905. The van der Waals surface area contributed by atoms with Crippen LogP contribution in [0.4, 0.5) is 4.39 Å². The van der Waals surface area contributed by atoms with Crippen molar-refractivity contribution in [1.29, 1.82) is 0 Å². The smallest absolute Gasteiger partial charge is 0.165 e. The fourth-order valence-corrected chi connectivity index (χ4v) is 2.47. The molecule has 18 heavy (non-hydrogen) atoms. The molecule has 0 aliphatic carbocycles. The van der Waals surface area contributed by atoms with Crippen molar-refractivity contribution in [3.63, 3.8) is 0 Å². The molecule has 0 spiro atoms. The van der Waals surface area contributed by atoms with Gasteiger partial charge in [-0.3, -0.25) is 0 Å². The molecule has 0 unspecified atom stereocenters. The van der Waals surface area contributed by atoms with Gasteiger partial charge in [-0.15, -0.1) is 11.3 Å². The van der Waals surface area contributed by atoms with Gasteiger partial charge < -0.3 is 9.84 Å². The largest absolute Gasteiger partial charge is 0.494 e. The van der Waals surface area contributed by atoms with Gasteiger partial charge in [0.05, 0.1) is 12.8 Å². The van der Waals surface area contributed by atoms with Crippen LogP contribution in [0.3, 0.4) is 0 Å². The molecule has 0 aliphatic heterocycles. The van der Waals surface area contributed by atoms with Gasteiger partial charge >= 0.3 is 0 Å². The normalized spacial score (nSPS) is 10.6. The Morgan fingerprint density at radius 2 is 2.28 bits per heavy atom. The van der Waals surface area contributed by atoms with E-state index in [1.165, 1.54) is 24.5 Å². The molecule has 0 aliphatic rings. The number of aliphatic hydroxyl groups is 1. The molecule has 0 radical (unpaired) electrons. The van der Waals surface area contributed by atoms with E-state index in [4.69, 9.17) is 9.84 Å². The molecular weight excluding hydrogens is 253 g/mol. The minimum absolute atomic E-state index is 0.157. The zero-order valence-electron chi connectivity index (χ0n) is 10.0. The summed E-state index contributed by atoms with van der Waals surface area (Å²) in [5, 5.41) is 11.5. The Labute approximate surface area is 109 Å². The predicted octanol–water partition coefficient (Wildman–Crippen LogP) is 2.88. The summed E-state index contributed by atoms with van der Waals surface area (Å²) >= 11 is 1.48. The third kappa shape index (κ3) is 2.86. The molecule has 2 aromatic rings. The van der Waals surface area contributed by atoms with Crippen LogP contribution in [0.5, 0.6) is 5.75 Å². The molecule has 0 atom stereocenters. The second kappa shape index (κ2) is 5.93. The second-order valence-electron chi connectivity index (χ2n) is 3.82. The predicted molar refractivity (Wildman–Crippen MR) is 69.5 cm³/mol. The number of aryl methyl sites for hydroxylation is 1. The SMILES string of the molecule is COc1ccc(-c2nc(CCCO)cs2)cc1F. The number of hydrogen-bond donors (Lipinski definition) is 1. The number of methoxy groups -OCH3 is 1. The number of ether oxygens (including phenoxy) is 1. The molecule has 1 heterocycles. The average Bonchev–Trinajstić information content (AvgIpc) is 2.85. The van der Waals surface area contributed by atoms with E-state index in [1.54, 1.807) is 12.1 Å². The van der Waals surface area contributed by atoms with Crippen molar-refractivity contribution in [2.75, 3.05) is 13.7 Å². The average molecular weight is 267 g/mol. The number of aliphatic hydroxyl groups excluding tert-OH is 1. The molecule has 96 valence electrons. The van der Waals surface area contributed by atoms with Crippen LogP contribution in [0.2, 0.25) is 0 Å². The molecule has 0 saturated heterocycles.